The van der Waals surface area contributed by atoms with Crippen molar-refractivity contribution in [2.45, 2.75) is 76.0 Å². The molecule has 146 valence electrons. The van der Waals surface area contributed by atoms with Crippen molar-refractivity contribution in [2.75, 3.05) is 0 Å². The maximum Gasteiger partial charge on any atom is 0.0396 e. The molecular formula is C28H34. The normalized spacial score (nSPS) is 34.7. The molecule has 0 fully saturated rings. The molecule has 4 aliphatic carbocycles. The van der Waals surface area contributed by atoms with Crippen LogP contribution in [-0.2, 0) is 10.8 Å². The third-order valence-electron chi connectivity index (χ3n) is 7.31. The van der Waals surface area contributed by atoms with Gasteiger partial charge < -0.3 is 0 Å². The van der Waals surface area contributed by atoms with Crippen molar-refractivity contribution in [3.8, 4) is 0 Å². The highest BCUT2D eigenvalue weighted by Crippen LogP contribution is 2.55. The minimum absolute atomic E-state index is 0.179. The third kappa shape index (κ3) is 2.72. The van der Waals surface area contributed by atoms with Gasteiger partial charge in [-0.05, 0) is 47.9 Å². The molecule has 0 amide bonds. The highest BCUT2D eigenvalue weighted by atomic mass is 14.5. The number of rotatable bonds is 2. The van der Waals surface area contributed by atoms with Gasteiger partial charge in [0.15, 0.2) is 0 Å². The lowest BCUT2D eigenvalue weighted by molar-refractivity contribution is 0.524. The minimum atomic E-state index is -0.424. The quantitative estimate of drug-likeness (QED) is 0.472. The molecule has 4 unspecified atom stereocenters. The van der Waals surface area contributed by atoms with Gasteiger partial charge in [-0.3, -0.25) is 0 Å². The van der Waals surface area contributed by atoms with Crippen LogP contribution >= 0.6 is 0 Å². The first-order valence-electron chi connectivity index (χ1n) is 11.6. The lowest BCUT2D eigenvalue weighted by Crippen LogP contribution is -2.16. The van der Waals surface area contributed by atoms with E-state index in [0.717, 1.165) is 18.8 Å². The molecule has 0 heteroatoms. The van der Waals surface area contributed by atoms with Crippen LogP contribution in [0.3, 0.4) is 0 Å². The Bertz CT molecular complexity index is 954. The van der Waals surface area contributed by atoms with Crippen molar-refractivity contribution in [1.29, 1.82) is 0 Å². The van der Waals surface area contributed by atoms with E-state index in [9.17, 15) is 0 Å². The van der Waals surface area contributed by atoms with Crippen LogP contribution in [0.5, 0.6) is 0 Å². The summed E-state index contributed by atoms with van der Waals surface area (Å²) < 4.78 is 8.39. The Labute approximate surface area is 172 Å². The van der Waals surface area contributed by atoms with Crippen LogP contribution in [0.2, 0.25) is 0 Å². The first kappa shape index (κ1) is 18.0. The van der Waals surface area contributed by atoms with Crippen LogP contribution in [0.4, 0.5) is 0 Å². The molecule has 0 aliphatic heterocycles. The molecule has 28 heavy (non-hydrogen) atoms. The van der Waals surface area contributed by atoms with Crippen molar-refractivity contribution < 1.29 is 1.37 Å². The molecule has 0 saturated carbocycles. The summed E-state index contributed by atoms with van der Waals surface area (Å²) in [5.74, 6) is 0.295. The number of allylic oxidation sites excluding steroid dienone is 4. The molecule has 6 rings (SSSR count). The topological polar surface area (TPSA) is 0 Å². The van der Waals surface area contributed by atoms with Crippen LogP contribution in [-0.4, -0.2) is 0 Å². The Morgan fingerprint density at radius 2 is 1.32 bits per heavy atom. The van der Waals surface area contributed by atoms with Crippen molar-refractivity contribution in [1.82, 2.24) is 0 Å². The summed E-state index contributed by atoms with van der Waals surface area (Å²) in [7, 11) is 0. The van der Waals surface area contributed by atoms with Crippen LogP contribution in [0.25, 0.3) is 0 Å². The number of hydrogen-bond acceptors (Lipinski definition) is 0. The maximum absolute atomic E-state index is 8.39. The Morgan fingerprint density at radius 1 is 0.786 bits per heavy atom. The fourth-order valence-corrected chi connectivity index (χ4v) is 5.69. The Kier molecular flexibility index (Phi) is 4.75. The molecule has 0 spiro atoms. The Balaban J connectivity index is 0.000000131. The minimum Gasteiger partial charge on any atom is -0.0801 e. The van der Waals surface area contributed by atoms with Gasteiger partial charge >= 0.3 is 0 Å². The van der Waals surface area contributed by atoms with E-state index in [4.69, 9.17) is 1.37 Å². The molecule has 0 aromatic heterocycles. The molecule has 0 heterocycles. The van der Waals surface area contributed by atoms with Gasteiger partial charge in [-0.2, -0.15) is 0 Å². The molecule has 0 nitrogen and oxygen atoms in total. The van der Waals surface area contributed by atoms with E-state index in [1.165, 1.54) is 24.0 Å². The van der Waals surface area contributed by atoms with Gasteiger partial charge in [0, 0.05) is 24.0 Å². The largest absolute Gasteiger partial charge is 0.0801 e. The lowest BCUT2D eigenvalue weighted by Gasteiger charge is -2.23. The summed E-state index contributed by atoms with van der Waals surface area (Å²) in [5, 5.41) is 0. The zero-order valence-electron chi connectivity index (χ0n) is 18.8. The molecule has 2 aromatic rings. The predicted octanol–water partition coefficient (Wildman–Crippen LogP) is 7.81. The van der Waals surface area contributed by atoms with Gasteiger partial charge in [0.1, 0.15) is 0 Å². The average Bonchev–Trinajstić information content (AvgIpc) is 3.52. The summed E-state index contributed by atoms with van der Waals surface area (Å²) in [6.45, 7) is 8.52. The molecule has 2 aromatic carbocycles. The first-order chi connectivity index (χ1) is 14.1. The fourth-order valence-electron chi connectivity index (χ4n) is 5.69. The van der Waals surface area contributed by atoms with E-state index < -0.39 is 5.89 Å². The Morgan fingerprint density at radius 3 is 2.00 bits per heavy atom. The van der Waals surface area contributed by atoms with E-state index in [0.29, 0.717) is 5.41 Å². The van der Waals surface area contributed by atoms with Crippen LogP contribution in [0.15, 0.2) is 72.8 Å². The summed E-state index contributed by atoms with van der Waals surface area (Å²) in [6, 6.07) is 17.4. The van der Waals surface area contributed by atoms with Gasteiger partial charge in [0.05, 0.1) is 0 Å². The SMILES string of the molecule is CC.CCC12C=CC(C1)c1ccccc12.[3H]C12C=CC(CC)(C1)c1ccccc12. The lowest BCUT2D eigenvalue weighted by atomic mass is 9.80. The summed E-state index contributed by atoms with van der Waals surface area (Å²) in [4.78, 5) is 0. The van der Waals surface area contributed by atoms with Gasteiger partial charge in [-0.25, -0.2) is 0 Å². The third-order valence-corrected chi connectivity index (χ3v) is 7.31. The van der Waals surface area contributed by atoms with Gasteiger partial charge in [0.2, 0.25) is 0 Å². The van der Waals surface area contributed by atoms with Gasteiger partial charge in [-0.15, -0.1) is 0 Å². The second-order valence-corrected chi connectivity index (χ2v) is 8.36. The predicted molar refractivity (Wildman–Crippen MR) is 121 cm³/mol. The van der Waals surface area contributed by atoms with E-state index in [1.54, 1.807) is 11.1 Å². The van der Waals surface area contributed by atoms with Crippen LogP contribution in [0.1, 0.15) is 88.8 Å². The summed E-state index contributed by atoms with van der Waals surface area (Å²) in [5.41, 5.74) is 6.36. The van der Waals surface area contributed by atoms with Crippen LogP contribution < -0.4 is 0 Å². The van der Waals surface area contributed by atoms with Crippen molar-refractivity contribution in [3.63, 3.8) is 0 Å². The number of benzene rings is 2. The second-order valence-electron chi connectivity index (χ2n) is 8.36. The van der Waals surface area contributed by atoms with Gasteiger partial charge in [0.25, 0.3) is 0 Å². The van der Waals surface area contributed by atoms with Crippen molar-refractivity contribution in [3.05, 3.63) is 95.1 Å². The fraction of sp³-hybridized carbons (Fsp3) is 0.429. The Hall–Kier alpha value is -2.08. The van der Waals surface area contributed by atoms with Crippen molar-refractivity contribution in [2.24, 2.45) is 0 Å². The van der Waals surface area contributed by atoms with E-state index in [-0.39, 0.29) is 5.41 Å². The molecule has 0 radical (unpaired) electrons. The average molecular weight is 373 g/mol. The van der Waals surface area contributed by atoms with Crippen LogP contribution in [0, 0.1) is 0 Å². The molecular weight excluding hydrogens is 336 g/mol. The van der Waals surface area contributed by atoms with E-state index >= 15 is 0 Å². The van der Waals surface area contributed by atoms with Crippen molar-refractivity contribution >= 4 is 0 Å². The molecule has 4 atom stereocenters. The number of fused-ring (bicyclic) bond motifs is 10. The monoisotopic (exact) mass is 372 g/mol. The smallest absolute Gasteiger partial charge is 0.0396 e. The van der Waals surface area contributed by atoms with E-state index in [1.807, 2.05) is 19.9 Å². The first-order valence-corrected chi connectivity index (χ1v) is 11.1. The highest BCUT2D eigenvalue weighted by molar-refractivity contribution is 5.53. The molecule has 0 saturated heterocycles. The zero-order valence-corrected chi connectivity index (χ0v) is 17.8. The molecule has 4 bridgehead atoms. The van der Waals surface area contributed by atoms with E-state index in [2.05, 4.69) is 80.6 Å². The standard InChI is InChI=1S/2C13H14.C2H6/c2*1-2-13-8-7-10(9-13)11-5-3-4-6-12(11)13;1-2/h2*3-8,10H,2,9H2,1H3;1-2H3/i10T;;. The maximum atomic E-state index is 8.39. The molecule has 4 aliphatic rings. The molecule has 0 N–H and O–H groups in total. The highest BCUT2D eigenvalue weighted by Gasteiger charge is 2.44. The number of hydrogen-bond donors (Lipinski definition) is 0. The van der Waals surface area contributed by atoms with Gasteiger partial charge in [-0.1, -0.05) is 101 Å². The summed E-state index contributed by atoms with van der Waals surface area (Å²) >= 11 is 0. The second kappa shape index (κ2) is 7.39. The zero-order chi connectivity index (χ0) is 20.7. The summed E-state index contributed by atoms with van der Waals surface area (Å²) in [6.07, 6.45) is 13.8.